The highest BCUT2D eigenvalue weighted by molar-refractivity contribution is 5.71. The summed E-state index contributed by atoms with van der Waals surface area (Å²) in [7, 11) is 0. The maximum absolute atomic E-state index is 12.9. The second-order valence-corrected chi connectivity index (χ2v) is 19.6. The topological polar surface area (TPSA) is 78.9 Å². The van der Waals surface area contributed by atoms with Crippen LogP contribution in [0.5, 0.6) is 0 Å². The Morgan fingerprint density at radius 1 is 0.309 bits per heavy atom. The van der Waals surface area contributed by atoms with Crippen LogP contribution in [0.15, 0.2) is 60.8 Å². The molecule has 0 aromatic heterocycles. The largest absolute Gasteiger partial charge is 0.462 e. The molecule has 0 bridgehead atoms. The first kappa shape index (κ1) is 65.1. The van der Waals surface area contributed by atoms with Gasteiger partial charge in [-0.25, -0.2) is 0 Å². The highest BCUT2D eigenvalue weighted by atomic mass is 16.6. The van der Waals surface area contributed by atoms with Crippen molar-refractivity contribution in [2.45, 2.75) is 303 Å². The van der Waals surface area contributed by atoms with Crippen LogP contribution in [0.1, 0.15) is 297 Å². The van der Waals surface area contributed by atoms with E-state index >= 15 is 0 Å². The first-order valence-electron chi connectivity index (χ1n) is 29.3. The van der Waals surface area contributed by atoms with Gasteiger partial charge in [0.25, 0.3) is 0 Å². The third-order valence-corrected chi connectivity index (χ3v) is 12.9. The third-order valence-electron chi connectivity index (χ3n) is 12.9. The number of carbonyl (C=O) groups excluding carboxylic acids is 3. The fourth-order valence-corrected chi connectivity index (χ4v) is 8.45. The average molecular weight is 952 g/mol. The van der Waals surface area contributed by atoms with E-state index in [1.807, 2.05) is 18.2 Å². The molecule has 68 heavy (non-hydrogen) atoms. The molecule has 0 aliphatic carbocycles. The fraction of sp³-hybridized carbons (Fsp3) is 0.790. The van der Waals surface area contributed by atoms with Crippen molar-refractivity contribution in [3.05, 3.63) is 60.8 Å². The first-order valence-corrected chi connectivity index (χ1v) is 29.3. The molecule has 0 fully saturated rings. The van der Waals surface area contributed by atoms with Crippen LogP contribution in [-0.4, -0.2) is 37.2 Å². The monoisotopic (exact) mass is 951 g/mol. The van der Waals surface area contributed by atoms with Crippen molar-refractivity contribution in [3.8, 4) is 0 Å². The summed E-state index contributed by atoms with van der Waals surface area (Å²) in [5, 5.41) is 0. The highest BCUT2D eigenvalue weighted by Gasteiger charge is 2.19. The van der Waals surface area contributed by atoms with E-state index in [1.54, 1.807) is 0 Å². The highest BCUT2D eigenvalue weighted by Crippen LogP contribution is 2.16. The Labute approximate surface area is 421 Å². The molecule has 394 valence electrons. The standard InChI is InChI=1S/C62H110O6/c1-4-7-10-13-16-19-22-25-28-30-32-34-37-40-43-46-49-52-55-61(64)67-58-59(57-66-60(63)54-51-48-45-42-39-36-33-27-24-21-18-15-12-9-6-3)68-62(65)56-53-50-47-44-41-38-35-31-29-26-23-20-17-14-11-8-5-2/h9,12,15,18,21,24,27,32-34,59H,4-8,10-11,13-14,16-17,19-20,22-23,25-26,28-31,35-58H2,1-3H3/b12-9-,18-15-,24-21-,33-27-,34-32-. The van der Waals surface area contributed by atoms with Crippen LogP contribution in [0.25, 0.3) is 0 Å². The van der Waals surface area contributed by atoms with Crippen molar-refractivity contribution >= 4 is 17.9 Å². The molecule has 0 rings (SSSR count). The van der Waals surface area contributed by atoms with Crippen molar-refractivity contribution in [2.75, 3.05) is 13.2 Å². The SMILES string of the molecule is CC\C=C/C=C\C=C/C=C\CCCCCCCC(=O)OCC(COC(=O)CCCCCCC/C=C\CCCCCCCCCCC)OC(=O)CCCCCCCCCCCCCCCCCCC. The number of esters is 3. The molecule has 0 heterocycles. The lowest BCUT2D eigenvalue weighted by atomic mass is 10.0. The minimum Gasteiger partial charge on any atom is -0.462 e. The number of hydrogen-bond donors (Lipinski definition) is 0. The molecular weight excluding hydrogens is 841 g/mol. The Bertz CT molecular complexity index is 1230. The molecule has 6 nitrogen and oxygen atoms in total. The zero-order valence-electron chi connectivity index (χ0n) is 45.1. The Hall–Kier alpha value is -2.89. The number of allylic oxidation sites excluding steroid dienone is 10. The van der Waals surface area contributed by atoms with E-state index in [4.69, 9.17) is 14.2 Å². The molecule has 1 unspecified atom stereocenters. The van der Waals surface area contributed by atoms with Crippen LogP contribution in [0.2, 0.25) is 0 Å². The molecule has 0 spiro atoms. The van der Waals surface area contributed by atoms with Gasteiger partial charge in [0, 0.05) is 19.3 Å². The lowest BCUT2D eigenvalue weighted by Crippen LogP contribution is -2.30. The second-order valence-electron chi connectivity index (χ2n) is 19.6. The lowest BCUT2D eigenvalue weighted by molar-refractivity contribution is -0.167. The Morgan fingerprint density at radius 2 is 0.588 bits per heavy atom. The number of ether oxygens (including phenoxy) is 3. The molecule has 0 aliphatic rings. The van der Waals surface area contributed by atoms with Gasteiger partial charge < -0.3 is 14.2 Å². The predicted octanol–water partition coefficient (Wildman–Crippen LogP) is 19.6. The van der Waals surface area contributed by atoms with E-state index in [0.717, 1.165) is 89.9 Å². The summed E-state index contributed by atoms with van der Waals surface area (Å²) in [6.45, 7) is 6.51. The van der Waals surface area contributed by atoms with Crippen LogP contribution < -0.4 is 0 Å². The van der Waals surface area contributed by atoms with E-state index in [1.165, 1.54) is 167 Å². The average Bonchev–Trinajstić information content (AvgIpc) is 3.34. The smallest absolute Gasteiger partial charge is 0.306 e. The van der Waals surface area contributed by atoms with Crippen molar-refractivity contribution in [3.63, 3.8) is 0 Å². The Kier molecular flexibility index (Phi) is 54.3. The summed E-state index contributed by atoms with van der Waals surface area (Å²) in [5.74, 6) is -0.901. The van der Waals surface area contributed by atoms with Gasteiger partial charge in [-0.15, -0.1) is 0 Å². The number of rotatable bonds is 53. The molecule has 0 N–H and O–H groups in total. The molecule has 0 radical (unpaired) electrons. The Morgan fingerprint density at radius 3 is 0.941 bits per heavy atom. The molecule has 6 heteroatoms. The van der Waals surface area contributed by atoms with E-state index in [0.29, 0.717) is 19.3 Å². The summed E-state index contributed by atoms with van der Waals surface area (Å²) in [6.07, 6.45) is 70.7. The summed E-state index contributed by atoms with van der Waals surface area (Å²) in [5.41, 5.74) is 0. The van der Waals surface area contributed by atoms with E-state index in [9.17, 15) is 14.4 Å². The molecule has 0 aromatic carbocycles. The van der Waals surface area contributed by atoms with Crippen LogP contribution in [0, 0.1) is 0 Å². The van der Waals surface area contributed by atoms with Crippen LogP contribution in [0.3, 0.4) is 0 Å². The minimum atomic E-state index is -0.786. The number of unbranched alkanes of at least 4 members (excludes halogenated alkanes) is 35. The van der Waals surface area contributed by atoms with Gasteiger partial charge in [-0.05, 0) is 64.2 Å². The molecule has 0 aliphatic heterocycles. The van der Waals surface area contributed by atoms with Gasteiger partial charge in [0.05, 0.1) is 0 Å². The van der Waals surface area contributed by atoms with Crippen molar-refractivity contribution in [1.29, 1.82) is 0 Å². The van der Waals surface area contributed by atoms with Crippen LogP contribution in [-0.2, 0) is 28.6 Å². The van der Waals surface area contributed by atoms with Gasteiger partial charge in [-0.3, -0.25) is 14.4 Å². The van der Waals surface area contributed by atoms with Gasteiger partial charge in [0.2, 0.25) is 0 Å². The molecule has 0 saturated heterocycles. The summed E-state index contributed by atoms with van der Waals surface area (Å²) >= 11 is 0. The fourth-order valence-electron chi connectivity index (χ4n) is 8.45. The second kappa shape index (κ2) is 56.7. The maximum atomic E-state index is 12.9. The zero-order valence-corrected chi connectivity index (χ0v) is 45.1. The molecule has 0 aromatic rings. The predicted molar refractivity (Wildman–Crippen MR) is 293 cm³/mol. The van der Waals surface area contributed by atoms with E-state index in [-0.39, 0.29) is 31.1 Å². The number of hydrogen-bond acceptors (Lipinski definition) is 6. The normalized spacial score (nSPS) is 12.5. The van der Waals surface area contributed by atoms with Crippen LogP contribution in [0.4, 0.5) is 0 Å². The van der Waals surface area contributed by atoms with Gasteiger partial charge in [0.15, 0.2) is 6.10 Å². The third kappa shape index (κ3) is 54.1. The van der Waals surface area contributed by atoms with Crippen molar-refractivity contribution in [2.24, 2.45) is 0 Å². The quantitative estimate of drug-likeness (QED) is 0.0199. The van der Waals surface area contributed by atoms with E-state index < -0.39 is 6.10 Å². The van der Waals surface area contributed by atoms with E-state index in [2.05, 4.69) is 63.3 Å². The summed E-state index contributed by atoms with van der Waals surface area (Å²) < 4.78 is 16.9. The minimum absolute atomic E-state index is 0.0838. The molecular formula is C62H110O6. The number of carbonyl (C=O) groups is 3. The molecule has 0 amide bonds. The lowest BCUT2D eigenvalue weighted by Gasteiger charge is -2.18. The van der Waals surface area contributed by atoms with Crippen molar-refractivity contribution < 1.29 is 28.6 Å². The van der Waals surface area contributed by atoms with Gasteiger partial charge in [-0.2, -0.15) is 0 Å². The van der Waals surface area contributed by atoms with Gasteiger partial charge >= 0.3 is 17.9 Å². The summed E-state index contributed by atoms with van der Waals surface area (Å²) in [6, 6.07) is 0. The zero-order chi connectivity index (χ0) is 49.3. The molecule has 0 saturated carbocycles. The molecule has 1 atom stereocenters. The van der Waals surface area contributed by atoms with Gasteiger partial charge in [-0.1, -0.05) is 274 Å². The Balaban J connectivity index is 4.39. The first-order chi connectivity index (χ1) is 33.5. The summed E-state index contributed by atoms with van der Waals surface area (Å²) in [4.78, 5) is 38.2. The van der Waals surface area contributed by atoms with Crippen molar-refractivity contribution in [1.82, 2.24) is 0 Å². The van der Waals surface area contributed by atoms with Crippen LogP contribution >= 0.6 is 0 Å². The van der Waals surface area contributed by atoms with Gasteiger partial charge in [0.1, 0.15) is 13.2 Å². The maximum Gasteiger partial charge on any atom is 0.306 e.